The first-order chi connectivity index (χ1) is 14.7. The molecule has 174 valence electrons. The molecular formula is C21H33N3O7. The fraction of sp³-hybridized carbons (Fsp3) is 0.571. The Bertz CT molecular complexity index is 709. The van der Waals surface area contributed by atoms with Gasteiger partial charge in [-0.2, -0.15) is 0 Å². The number of benzene rings is 1. The minimum Gasteiger partial charge on any atom is -0.508 e. The van der Waals surface area contributed by atoms with Crippen LogP contribution in [0.3, 0.4) is 0 Å². The second-order valence-corrected chi connectivity index (χ2v) is 7.25. The Morgan fingerprint density at radius 3 is 2.65 bits per heavy atom. The van der Waals surface area contributed by atoms with Crippen LogP contribution in [0.5, 0.6) is 5.75 Å². The van der Waals surface area contributed by atoms with E-state index in [0.29, 0.717) is 25.1 Å². The Morgan fingerprint density at radius 2 is 2.03 bits per heavy atom. The predicted octanol–water partition coefficient (Wildman–Crippen LogP) is 1.59. The van der Waals surface area contributed by atoms with Gasteiger partial charge in [-0.05, 0) is 49.9 Å². The summed E-state index contributed by atoms with van der Waals surface area (Å²) >= 11 is 0. The third-order valence-corrected chi connectivity index (χ3v) is 4.59. The first-order valence-corrected chi connectivity index (χ1v) is 10.1. The van der Waals surface area contributed by atoms with Crippen molar-refractivity contribution in [1.29, 1.82) is 0 Å². The summed E-state index contributed by atoms with van der Waals surface area (Å²) in [6.45, 7) is 2.59. The lowest BCUT2D eigenvalue weighted by Gasteiger charge is -2.30. The number of rotatable bonds is 8. The largest absolute Gasteiger partial charge is 0.508 e. The highest BCUT2D eigenvalue weighted by atomic mass is 16.8. The molecule has 10 heteroatoms. The molecule has 1 aromatic rings. The highest BCUT2D eigenvalue weighted by molar-refractivity contribution is 5.90. The Kier molecular flexibility index (Phi) is 12.5. The van der Waals surface area contributed by atoms with E-state index in [1.54, 1.807) is 12.1 Å². The number of urea groups is 1. The highest BCUT2D eigenvalue weighted by Crippen LogP contribution is 2.20. The molecule has 31 heavy (non-hydrogen) atoms. The third kappa shape index (κ3) is 11.5. The fourth-order valence-corrected chi connectivity index (χ4v) is 2.81. The Morgan fingerprint density at radius 1 is 1.29 bits per heavy atom. The van der Waals surface area contributed by atoms with E-state index in [9.17, 15) is 15.0 Å². The number of hydroxylamine groups is 2. The summed E-state index contributed by atoms with van der Waals surface area (Å²) in [6, 6.07) is 4.56. The van der Waals surface area contributed by atoms with Gasteiger partial charge in [-0.3, -0.25) is 10.4 Å². The number of hydrogen-bond donors (Lipinski definition) is 7. The van der Waals surface area contributed by atoms with Gasteiger partial charge >= 0.3 is 6.03 Å². The molecule has 0 saturated carbocycles. The number of hydrogen-bond acceptors (Lipinski definition) is 8. The van der Waals surface area contributed by atoms with Crippen molar-refractivity contribution in [3.63, 3.8) is 0 Å². The van der Waals surface area contributed by atoms with Gasteiger partial charge in [0.05, 0.1) is 25.4 Å². The van der Waals surface area contributed by atoms with Crippen molar-refractivity contribution >= 4 is 11.7 Å². The lowest BCUT2D eigenvalue weighted by molar-refractivity contribution is -0.309. The summed E-state index contributed by atoms with van der Waals surface area (Å²) < 4.78 is 5.15. The number of nitrogens with one attached hydrogen (secondary N) is 2. The van der Waals surface area contributed by atoms with Crippen LogP contribution in [0.1, 0.15) is 37.7 Å². The quantitative estimate of drug-likeness (QED) is 0.139. The van der Waals surface area contributed by atoms with Crippen molar-refractivity contribution in [3.05, 3.63) is 23.8 Å². The van der Waals surface area contributed by atoms with Gasteiger partial charge < -0.3 is 30.7 Å². The number of carbonyl (C=O) groups excluding carboxylic acids is 1. The number of phenolic OH excluding ortho intramolecular Hbond substituents is 1. The number of ether oxygens (including phenoxy) is 1. The summed E-state index contributed by atoms with van der Waals surface area (Å²) in [5, 5.41) is 50.0. The van der Waals surface area contributed by atoms with E-state index in [-0.39, 0.29) is 36.3 Å². The number of aliphatic hydroxyl groups is 2. The zero-order valence-corrected chi connectivity index (χ0v) is 17.7. The number of nitrogens with zero attached hydrogens (tertiary/aromatic N) is 1. The molecule has 0 aromatic heterocycles. The molecule has 3 atom stereocenters. The van der Waals surface area contributed by atoms with E-state index in [4.69, 9.17) is 26.7 Å². The molecule has 1 aromatic carbocycles. The maximum atomic E-state index is 11.6. The zero-order valence-electron chi connectivity index (χ0n) is 17.7. The lowest BCUT2D eigenvalue weighted by Crippen LogP contribution is -2.42. The number of aromatic hydroxyl groups is 1. The number of phenols is 1. The van der Waals surface area contributed by atoms with Crippen molar-refractivity contribution in [2.45, 2.75) is 57.3 Å². The Labute approximate surface area is 182 Å². The summed E-state index contributed by atoms with van der Waals surface area (Å²) in [4.78, 5) is 11.6. The van der Waals surface area contributed by atoms with Crippen molar-refractivity contribution in [2.75, 3.05) is 25.0 Å². The van der Waals surface area contributed by atoms with Crippen LogP contribution < -0.4 is 10.6 Å². The van der Waals surface area contributed by atoms with Crippen molar-refractivity contribution in [2.24, 2.45) is 0 Å². The molecule has 2 unspecified atom stereocenters. The van der Waals surface area contributed by atoms with Gasteiger partial charge in [0.25, 0.3) is 0 Å². The second-order valence-electron chi connectivity index (χ2n) is 7.25. The number of aryl methyl sites for hydroxylation is 1. The third-order valence-electron chi connectivity index (χ3n) is 4.59. The van der Waals surface area contributed by atoms with Crippen LogP contribution >= 0.6 is 0 Å². The highest BCUT2D eigenvalue weighted by Gasteiger charge is 2.28. The molecule has 1 aliphatic heterocycles. The van der Waals surface area contributed by atoms with E-state index < -0.39 is 12.2 Å². The molecule has 1 heterocycles. The smallest absolute Gasteiger partial charge is 0.319 e. The fourth-order valence-electron chi connectivity index (χ4n) is 2.81. The first kappa shape index (κ1) is 26.6. The zero-order chi connectivity index (χ0) is 23.2. The predicted molar refractivity (Wildman–Crippen MR) is 114 cm³/mol. The monoisotopic (exact) mass is 439 g/mol. The van der Waals surface area contributed by atoms with Crippen LogP contribution in [-0.4, -0.2) is 75.0 Å². The number of anilines is 1. The number of amides is 2. The van der Waals surface area contributed by atoms with Gasteiger partial charge in [-0.1, -0.05) is 5.23 Å². The topological polar surface area (TPSA) is 155 Å². The standard InChI is InChI=1S/C14H18N2O2.C7H15NO5/c1-3-4-5-6-9-15-14(18)16-13-8-7-12(17)10-11(13)2;9-6-3-5(1-2-8(11)12)13-4-7(6)10/h1,7-8,10,17H,4-6,9H2,2H3,(H2,15,16,18);5-7,9-12H,1-4H2/t;5-,6?,7?/m.1/s1. The van der Waals surface area contributed by atoms with Crippen LogP contribution in [0.2, 0.25) is 0 Å². The molecule has 2 amide bonds. The van der Waals surface area contributed by atoms with Crippen molar-refractivity contribution in [3.8, 4) is 18.1 Å². The summed E-state index contributed by atoms with van der Waals surface area (Å²) in [6.07, 6.45) is 6.57. The van der Waals surface area contributed by atoms with E-state index >= 15 is 0 Å². The van der Waals surface area contributed by atoms with E-state index in [1.807, 2.05) is 6.92 Å². The molecule has 0 bridgehead atoms. The summed E-state index contributed by atoms with van der Waals surface area (Å²) in [5.41, 5.74) is 1.51. The summed E-state index contributed by atoms with van der Waals surface area (Å²) in [5.74, 6) is 2.74. The van der Waals surface area contributed by atoms with Crippen LogP contribution in [0, 0.1) is 19.3 Å². The maximum absolute atomic E-state index is 11.6. The van der Waals surface area contributed by atoms with Gasteiger partial charge in [-0.25, -0.2) is 4.79 Å². The van der Waals surface area contributed by atoms with Gasteiger partial charge in [-0.15, -0.1) is 12.3 Å². The normalized spacial score (nSPS) is 20.4. The number of terminal acetylenes is 1. The average molecular weight is 440 g/mol. The van der Waals surface area contributed by atoms with Crippen molar-refractivity contribution in [1.82, 2.24) is 10.5 Å². The van der Waals surface area contributed by atoms with Crippen LogP contribution in [0.15, 0.2) is 18.2 Å². The number of aliphatic hydroxyl groups excluding tert-OH is 2. The van der Waals surface area contributed by atoms with E-state index in [0.717, 1.165) is 24.8 Å². The van der Waals surface area contributed by atoms with Crippen LogP contribution in [-0.2, 0) is 4.74 Å². The van der Waals surface area contributed by atoms with Gasteiger partial charge in [0, 0.05) is 25.1 Å². The first-order valence-electron chi connectivity index (χ1n) is 10.1. The summed E-state index contributed by atoms with van der Waals surface area (Å²) in [7, 11) is 0. The Balaban J connectivity index is 0.000000327. The van der Waals surface area contributed by atoms with Crippen molar-refractivity contribution < 1.29 is 35.3 Å². The Hall–Kier alpha value is -2.39. The van der Waals surface area contributed by atoms with Gasteiger partial charge in [0.2, 0.25) is 0 Å². The van der Waals surface area contributed by atoms with E-state index in [1.165, 1.54) is 6.07 Å². The second kappa shape index (κ2) is 14.6. The molecule has 0 aliphatic carbocycles. The van der Waals surface area contributed by atoms with Crippen LogP contribution in [0.4, 0.5) is 10.5 Å². The number of unbranched alkanes of at least 4 members (excludes halogenated alkanes) is 2. The molecule has 1 saturated heterocycles. The molecule has 1 fully saturated rings. The SMILES string of the molecule is C#CCCCCNC(=O)Nc1ccc(O)cc1C.OC1CO[C@H](CCN(O)O)CC1O. The average Bonchev–Trinajstić information content (AvgIpc) is 2.71. The minimum absolute atomic E-state index is 0.0630. The lowest BCUT2D eigenvalue weighted by atomic mass is 10.0. The maximum Gasteiger partial charge on any atom is 0.319 e. The van der Waals surface area contributed by atoms with E-state index in [2.05, 4.69) is 16.6 Å². The van der Waals surface area contributed by atoms with Gasteiger partial charge in [0.15, 0.2) is 0 Å². The molecular weight excluding hydrogens is 406 g/mol. The van der Waals surface area contributed by atoms with Gasteiger partial charge in [0.1, 0.15) is 11.9 Å². The van der Waals surface area contributed by atoms with Crippen LogP contribution in [0.25, 0.3) is 0 Å². The molecule has 7 N–H and O–H groups in total. The minimum atomic E-state index is -0.824. The molecule has 1 aliphatic rings. The molecule has 0 spiro atoms. The molecule has 2 rings (SSSR count). The number of carbonyl (C=O) groups is 1. The molecule has 0 radical (unpaired) electrons. The molecule has 10 nitrogen and oxygen atoms in total.